The van der Waals surface area contributed by atoms with Gasteiger partial charge in [0.05, 0.1) is 3.57 Å². The van der Waals surface area contributed by atoms with Gasteiger partial charge in [0, 0.05) is 6.20 Å². The zero-order valence-electron chi connectivity index (χ0n) is 5.54. The highest BCUT2D eigenvalue weighted by atomic mass is 127. The maximum Gasteiger partial charge on any atom is 0.357 e. The summed E-state index contributed by atoms with van der Waals surface area (Å²) in [5.41, 5.74) is -0.351. The molecule has 0 unspecified atom stereocenters. The third kappa shape index (κ3) is 1.71. The van der Waals surface area contributed by atoms with Crippen molar-refractivity contribution >= 4 is 28.6 Å². The standard InChI is InChI=1S/C5H3F2IN2O2/c6-5(7)10-1-2(8)3(9-10)4(11)12/h1,5H,(H,11,12). The molecule has 1 N–H and O–H groups in total. The fourth-order valence-electron chi connectivity index (χ4n) is 0.614. The maximum absolute atomic E-state index is 11.9. The van der Waals surface area contributed by atoms with Crippen LogP contribution in [-0.4, -0.2) is 20.9 Å². The number of rotatable bonds is 2. The van der Waals surface area contributed by atoms with Gasteiger partial charge in [-0.3, -0.25) is 0 Å². The number of hydrogen-bond acceptors (Lipinski definition) is 2. The first-order valence-corrected chi connectivity index (χ1v) is 3.86. The van der Waals surface area contributed by atoms with Gasteiger partial charge >= 0.3 is 12.5 Å². The Morgan fingerprint density at radius 1 is 1.75 bits per heavy atom. The van der Waals surface area contributed by atoms with E-state index in [1.807, 2.05) is 0 Å². The second-order valence-electron chi connectivity index (χ2n) is 1.89. The zero-order valence-corrected chi connectivity index (χ0v) is 7.70. The van der Waals surface area contributed by atoms with Crippen molar-refractivity contribution in [3.05, 3.63) is 15.5 Å². The van der Waals surface area contributed by atoms with Gasteiger partial charge in [-0.25, -0.2) is 9.48 Å². The number of carboxylic acid groups (broad SMARTS) is 1. The molecule has 0 aliphatic carbocycles. The Morgan fingerprint density at radius 2 is 2.33 bits per heavy atom. The van der Waals surface area contributed by atoms with Crippen molar-refractivity contribution in [2.45, 2.75) is 6.55 Å². The summed E-state index contributed by atoms with van der Waals surface area (Å²) in [6.45, 7) is -2.80. The van der Waals surface area contributed by atoms with Gasteiger partial charge in [0.2, 0.25) is 0 Å². The lowest BCUT2D eigenvalue weighted by atomic mass is 10.5. The van der Waals surface area contributed by atoms with Gasteiger partial charge in [-0.15, -0.1) is 0 Å². The molecule has 4 nitrogen and oxygen atoms in total. The Morgan fingerprint density at radius 3 is 2.58 bits per heavy atom. The lowest BCUT2D eigenvalue weighted by Gasteiger charge is -1.94. The molecule has 0 aromatic carbocycles. The summed E-state index contributed by atoms with van der Waals surface area (Å²) in [7, 11) is 0. The normalized spacial score (nSPS) is 10.7. The molecule has 0 radical (unpaired) electrons. The van der Waals surface area contributed by atoms with Crippen LogP contribution < -0.4 is 0 Å². The van der Waals surface area contributed by atoms with E-state index in [2.05, 4.69) is 5.10 Å². The van der Waals surface area contributed by atoms with Gasteiger partial charge in [-0.1, -0.05) is 0 Å². The quantitative estimate of drug-likeness (QED) is 0.841. The Bertz CT molecular complexity index is 312. The van der Waals surface area contributed by atoms with Crippen LogP contribution >= 0.6 is 22.6 Å². The minimum atomic E-state index is -2.80. The summed E-state index contributed by atoms with van der Waals surface area (Å²) in [6, 6.07) is 0. The van der Waals surface area contributed by atoms with Crippen molar-refractivity contribution in [3.8, 4) is 0 Å². The number of aromatic nitrogens is 2. The van der Waals surface area contributed by atoms with Crippen molar-refractivity contribution in [2.75, 3.05) is 0 Å². The molecule has 0 bridgehead atoms. The van der Waals surface area contributed by atoms with E-state index in [0.717, 1.165) is 6.20 Å². The highest BCUT2D eigenvalue weighted by Crippen LogP contribution is 2.15. The molecular formula is C5H3F2IN2O2. The number of halogens is 3. The molecule has 1 aromatic rings. The van der Waals surface area contributed by atoms with E-state index in [4.69, 9.17) is 5.11 Å². The Hall–Kier alpha value is -0.730. The Balaban J connectivity index is 3.09. The molecule has 0 atom stereocenters. The molecule has 1 aromatic heterocycles. The van der Waals surface area contributed by atoms with Gasteiger partial charge in [0.25, 0.3) is 0 Å². The highest BCUT2D eigenvalue weighted by Gasteiger charge is 2.16. The number of nitrogens with zero attached hydrogens (tertiary/aromatic N) is 2. The van der Waals surface area contributed by atoms with Crippen LogP contribution in [0.3, 0.4) is 0 Å². The maximum atomic E-state index is 11.9. The number of carboxylic acids is 1. The van der Waals surface area contributed by atoms with Crippen molar-refractivity contribution in [3.63, 3.8) is 0 Å². The summed E-state index contributed by atoms with van der Waals surface area (Å²) in [5.74, 6) is -1.31. The summed E-state index contributed by atoms with van der Waals surface area (Å²) in [6.07, 6.45) is 0.981. The molecule has 7 heteroatoms. The molecule has 0 saturated heterocycles. The van der Waals surface area contributed by atoms with E-state index in [9.17, 15) is 13.6 Å². The predicted molar refractivity (Wildman–Crippen MR) is 43.2 cm³/mol. The Labute approximate surface area is 79.3 Å². The first-order chi connectivity index (χ1) is 5.52. The van der Waals surface area contributed by atoms with Gasteiger partial charge in [-0.05, 0) is 22.6 Å². The van der Waals surface area contributed by atoms with Crippen LogP contribution in [0.5, 0.6) is 0 Å². The summed E-state index contributed by atoms with van der Waals surface area (Å²) >= 11 is 1.63. The lowest BCUT2D eigenvalue weighted by molar-refractivity contribution is 0.0545. The van der Waals surface area contributed by atoms with Crippen LogP contribution in [0.2, 0.25) is 0 Å². The van der Waals surface area contributed by atoms with Crippen molar-refractivity contribution in [2.24, 2.45) is 0 Å². The first-order valence-electron chi connectivity index (χ1n) is 2.78. The zero-order chi connectivity index (χ0) is 9.30. The summed E-state index contributed by atoms with van der Waals surface area (Å²) in [4.78, 5) is 10.3. The average Bonchev–Trinajstić information content (AvgIpc) is 2.30. The molecule has 0 spiro atoms. The SMILES string of the molecule is O=C(O)c1nn(C(F)F)cc1I. The average molecular weight is 288 g/mol. The molecule has 0 fully saturated rings. The smallest absolute Gasteiger partial charge is 0.357 e. The Kier molecular flexibility index (Phi) is 2.60. The minimum Gasteiger partial charge on any atom is -0.476 e. The van der Waals surface area contributed by atoms with Gasteiger partial charge in [0.15, 0.2) is 5.69 Å². The second-order valence-corrected chi connectivity index (χ2v) is 3.05. The van der Waals surface area contributed by atoms with Crippen molar-refractivity contribution in [1.82, 2.24) is 9.78 Å². The van der Waals surface area contributed by atoms with E-state index in [0.29, 0.717) is 4.68 Å². The molecular weight excluding hydrogens is 285 g/mol. The van der Waals surface area contributed by atoms with E-state index in [1.165, 1.54) is 0 Å². The molecule has 1 rings (SSSR count). The van der Waals surface area contributed by atoms with Crippen molar-refractivity contribution < 1.29 is 18.7 Å². The predicted octanol–water partition coefficient (Wildman–Crippen LogP) is 1.58. The lowest BCUT2D eigenvalue weighted by Crippen LogP contribution is -2.03. The van der Waals surface area contributed by atoms with Gasteiger partial charge < -0.3 is 5.11 Å². The number of carbonyl (C=O) groups is 1. The van der Waals surface area contributed by atoms with E-state index in [1.54, 1.807) is 22.6 Å². The van der Waals surface area contributed by atoms with Gasteiger partial charge in [-0.2, -0.15) is 13.9 Å². The van der Waals surface area contributed by atoms with E-state index < -0.39 is 12.5 Å². The van der Waals surface area contributed by atoms with Crippen LogP contribution in [0.4, 0.5) is 8.78 Å². The summed E-state index contributed by atoms with van der Waals surface area (Å²) in [5, 5.41) is 11.6. The van der Waals surface area contributed by atoms with E-state index >= 15 is 0 Å². The van der Waals surface area contributed by atoms with Gasteiger partial charge in [0.1, 0.15) is 0 Å². The largest absolute Gasteiger partial charge is 0.476 e. The van der Waals surface area contributed by atoms with E-state index in [-0.39, 0.29) is 9.26 Å². The number of alkyl halides is 2. The molecule has 12 heavy (non-hydrogen) atoms. The molecule has 1 heterocycles. The number of hydrogen-bond donors (Lipinski definition) is 1. The summed E-state index contributed by atoms with van der Waals surface area (Å²) < 4.78 is 24.4. The van der Waals surface area contributed by atoms with Crippen LogP contribution in [0.1, 0.15) is 17.0 Å². The monoisotopic (exact) mass is 288 g/mol. The molecule has 0 aliphatic heterocycles. The third-order valence-electron chi connectivity index (χ3n) is 1.09. The molecule has 0 amide bonds. The number of aromatic carboxylic acids is 1. The van der Waals surface area contributed by atoms with Crippen LogP contribution in [-0.2, 0) is 0 Å². The third-order valence-corrected chi connectivity index (χ3v) is 1.88. The van der Waals surface area contributed by atoms with Crippen molar-refractivity contribution in [1.29, 1.82) is 0 Å². The topological polar surface area (TPSA) is 55.1 Å². The fraction of sp³-hybridized carbons (Fsp3) is 0.200. The second kappa shape index (κ2) is 3.33. The fourth-order valence-corrected chi connectivity index (χ4v) is 1.24. The molecule has 0 aliphatic rings. The minimum absolute atomic E-state index is 0.195. The highest BCUT2D eigenvalue weighted by molar-refractivity contribution is 14.1. The first kappa shape index (κ1) is 9.36. The van der Waals surface area contributed by atoms with Crippen LogP contribution in [0.25, 0.3) is 0 Å². The molecule has 0 saturated carbocycles. The molecule has 66 valence electrons. The van der Waals surface area contributed by atoms with Crippen LogP contribution in [0.15, 0.2) is 6.20 Å². The van der Waals surface area contributed by atoms with Crippen LogP contribution in [0, 0.1) is 3.57 Å².